The Kier molecular flexibility index (Phi) is 1.70. The Morgan fingerprint density at radius 1 is 1.44 bits per heavy atom. The van der Waals surface area contributed by atoms with Crippen molar-refractivity contribution in [3.63, 3.8) is 0 Å². The van der Waals surface area contributed by atoms with Crippen molar-refractivity contribution in [3.8, 4) is 11.4 Å². The van der Waals surface area contributed by atoms with Gasteiger partial charge in [0.2, 0.25) is 0 Å². The van der Waals surface area contributed by atoms with Gasteiger partial charge in [-0.2, -0.15) is 5.10 Å². The number of pyridine rings is 1. The van der Waals surface area contributed by atoms with Crippen LogP contribution in [0.2, 0.25) is 0 Å². The van der Waals surface area contributed by atoms with E-state index in [-0.39, 0.29) is 5.88 Å². The average Bonchev–Trinajstić information content (AvgIpc) is 2.83. The SMILES string of the molecule is [2H]C([2H])([2H])C(n1nccc1-c1ncccc1CCl)C([2H])([2H])[2H]. The lowest BCUT2D eigenvalue weighted by Gasteiger charge is -2.12. The molecule has 4 heteroatoms. The fraction of sp³-hybridized carbons (Fsp3) is 0.333. The molecule has 0 aliphatic rings. The zero-order valence-corrected chi connectivity index (χ0v) is 9.15. The maximum absolute atomic E-state index is 7.54. The van der Waals surface area contributed by atoms with Crippen molar-refractivity contribution in [1.82, 2.24) is 14.8 Å². The molecule has 0 bridgehead atoms. The summed E-state index contributed by atoms with van der Waals surface area (Å²) in [7, 11) is 0. The van der Waals surface area contributed by atoms with Gasteiger partial charge in [-0.05, 0) is 31.4 Å². The fourth-order valence-electron chi connectivity index (χ4n) is 1.48. The molecule has 0 amide bonds. The highest BCUT2D eigenvalue weighted by molar-refractivity contribution is 6.17. The molecule has 3 nitrogen and oxygen atoms in total. The van der Waals surface area contributed by atoms with Gasteiger partial charge < -0.3 is 0 Å². The van der Waals surface area contributed by atoms with Gasteiger partial charge in [0.25, 0.3) is 0 Å². The molecule has 0 saturated heterocycles. The van der Waals surface area contributed by atoms with E-state index in [0.29, 0.717) is 17.0 Å². The van der Waals surface area contributed by atoms with E-state index in [1.807, 2.05) is 0 Å². The minimum absolute atomic E-state index is 0.167. The zero-order valence-electron chi connectivity index (χ0n) is 14.4. The third-order valence-electron chi connectivity index (χ3n) is 2.19. The first-order valence-corrected chi connectivity index (χ1v) is 5.23. The highest BCUT2D eigenvalue weighted by Crippen LogP contribution is 2.24. The topological polar surface area (TPSA) is 30.7 Å². The Labute approximate surface area is 109 Å². The van der Waals surface area contributed by atoms with E-state index in [0.717, 1.165) is 4.68 Å². The lowest BCUT2D eigenvalue weighted by molar-refractivity contribution is 0.537. The molecule has 0 radical (unpaired) electrons. The maximum atomic E-state index is 7.54. The van der Waals surface area contributed by atoms with Crippen LogP contribution < -0.4 is 0 Å². The van der Waals surface area contributed by atoms with Crippen LogP contribution >= 0.6 is 11.6 Å². The molecule has 0 saturated carbocycles. The number of aromatic nitrogens is 3. The van der Waals surface area contributed by atoms with Crippen molar-refractivity contribution < 1.29 is 8.22 Å². The van der Waals surface area contributed by atoms with E-state index < -0.39 is 19.7 Å². The lowest BCUT2D eigenvalue weighted by atomic mass is 10.1. The average molecular weight is 242 g/mol. The lowest BCUT2D eigenvalue weighted by Crippen LogP contribution is -2.06. The molecule has 2 rings (SSSR count). The standard InChI is InChI=1S/C12H14ClN3/c1-9(2)16-11(5-7-15-16)12-10(8-13)4-3-6-14-12/h3-7,9H,8H2,1-2H3/i1D3,2D3. The molecule has 0 aromatic carbocycles. The van der Waals surface area contributed by atoms with Gasteiger partial charge in [-0.1, -0.05) is 6.07 Å². The van der Waals surface area contributed by atoms with Crippen molar-refractivity contribution in [2.45, 2.75) is 25.6 Å². The summed E-state index contributed by atoms with van der Waals surface area (Å²) in [5.74, 6) is 0.167. The van der Waals surface area contributed by atoms with E-state index >= 15 is 0 Å². The van der Waals surface area contributed by atoms with Gasteiger partial charge in [-0.3, -0.25) is 9.67 Å². The molecule has 84 valence electrons. The number of hydrogen-bond acceptors (Lipinski definition) is 2. The van der Waals surface area contributed by atoms with Crippen LogP contribution in [0.5, 0.6) is 0 Å². The number of alkyl halides is 1. The second-order valence-corrected chi connectivity index (χ2v) is 3.48. The van der Waals surface area contributed by atoms with Crippen LogP contribution in [0.4, 0.5) is 0 Å². The molecule has 0 spiro atoms. The largest absolute Gasteiger partial charge is 0.261 e. The van der Waals surface area contributed by atoms with E-state index in [1.165, 1.54) is 18.5 Å². The Hall–Kier alpha value is -1.35. The first-order chi connectivity index (χ1) is 10.2. The van der Waals surface area contributed by atoms with E-state index in [1.54, 1.807) is 12.1 Å². The molecular formula is C12H14ClN3. The van der Waals surface area contributed by atoms with Crippen molar-refractivity contribution in [2.75, 3.05) is 0 Å². The van der Waals surface area contributed by atoms with Gasteiger partial charge in [0, 0.05) is 32.5 Å². The molecular weight excluding hydrogens is 222 g/mol. The number of hydrogen-bond donors (Lipinski definition) is 0. The van der Waals surface area contributed by atoms with Crippen LogP contribution in [0.15, 0.2) is 30.6 Å². The predicted octanol–water partition coefficient (Wildman–Crippen LogP) is 3.26. The molecule has 0 aliphatic carbocycles. The zero-order chi connectivity index (χ0) is 16.5. The molecule has 2 aromatic rings. The number of nitrogens with zero attached hydrogens (tertiary/aromatic N) is 3. The van der Waals surface area contributed by atoms with Gasteiger partial charge in [0.05, 0.1) is 11.4 Å². The van der Waals surface area contributed by atoms with E-state index in [9.17, 15) is 0 Å². The first-order valence-electron chi connectivity index (χ1n) is 7.70. The molecule has 0 atom stereocenters. The Morgan fingerprint density at radius 3 is 3.06 bits per heavy atom. The van der Waals surface area contributed by atoms with Crippen molar-refractivity contribution in [2.24, 2.45) is 0 Å². The van der Waals surface area contributed by atoms with Crippen LogP contribution in [0, 0.1) is 0 Å². The van der Waals surface area contributed by atoms with Gasteiger partial charge >= 0.3 is 0 Å². The maximum Gasteiger partial charge on any atom is 0.0927 e. The van der Waals surface area contributed by atoms with Gasteiger partial charge in [0.15, 0.2) is 0 Å². The molecule has 16 heavy (non-hydrogen) atoms. The van der Waals surface area contributed by atoms with Crippen molar-refractivity contribution in [3.05, 3.63) is 36.2 Å². The normalized spacial score (nSPS) is 18.1. The molecule has 0 fully saturated rings. The summed E-state index contributed by atoms with van der Waals surface area (Å²) in [6, 6.07) is 3.22. The monoisotopic (exact) mass is 241 g/mol. The van der Waals surface area contributed by atoms with Crippen molar-refractivity contribution >= 4 is 11.6 Å². The number of halogens is 1. The third kappa shape index (κ3) is 1.95. The molecule has 0 N–H and O–H groups in total. The van der Waals surface area contributed by atoms with Crippen LogP contribution in [0.1, 0.15) is 33.5 Å². The molecule has 0 unspecified atom stereocenters. The van der Waals surface area contributed by atoms with E-state index in [4.69, 9.17) is 19.8 Å². The quantitative estimate of drug-likeness (QED) is 0.773. The van der Waals surface area contributed by atoms with Gasteiger partial charge in [-0.25, -0.2) is 0 Å². The van der Waals surface area contributed by atoms with E-state index in [2.05, 4.69) is 10.1 Å². The van der Waals surface area contributed by atoms with Gasteiger partial charge in [0.1, 0.15) is 0 Å². The summed E-state index contributed by atoms with van der Waals surface area (Å²) in [6.07, 6.45) is 2.88. The Morgan fingerprint density at radius 2 is 2.31 bits per heavy atom. The second kappa shape index (κ2) is 4.66. The Balaban J connectivity index is 2.62. The van der Waals surface area contributed by atoms with Crippen LogP contribution in [0.3, 0.4) is 0 Å². The highest BCUT2D eigenvalue weighted by atomic mass is 35.5. The minimum atomic E-state index is -2.73. The highest BCUT2D eigenvalue weighted by Gasteiger charge is 2.12. The smallest absolute Gasteiger partial charge is 0.0927 e. The van der Waals surface area contributed by atoms with Crippen LogP contribution in [-0.4, -0.2) is 14.8 Å². The third-order valence-corrected chi connectivity index (χ3v) is 2.48. The molecule has 0 aliphatic heterocycles. The second-order valence-electron chi connectivity index (χ2n) is 3.21. The Bertz CT molecular complexity index is 635. The summed E-state index contributed by atoms with van der Waals surface area (Å²) in [4.78, 5) is 4.19. The van der Waals surface area contributed by atoms with Crippen LogP contribution in [-0.2, 0) is 5.88 Å². The summed E-state index contributed by atoms with van der Waals surface area (Å²) in [5, 5.41) is 3.91. The molecule has 2 heterocycles. The first kappa shape index (κ1) is 5.82. The fourth-order valence-corrected chi connectivity index (χ4v) is 1.70. The summed E-state index contributed by atoms with van der Waals surface area (Å²) < 4.78 is 46.3. The minimum Gasteiger partial charge on any atom is -0.261 e. The molecule has 2 aromatic heterocycles. The van der Waals surface area contributed by atoms with Gasteiger partial charge in [-0.15, -0.1) is 11.6 Å². The van der Waals surface area contributed by atoms with Crippen LogP contribution in [0.25, 0.3) is 11.4 Å². The predicted molar refractivity (Wildman–Crippen MR) is 65.4 cm³/mol. The number of rotatable bonds is 3. The summed E-state index contributed by atoms with van der Waals surface area (Å²) in [5.41, 5.74) is 1.41. The summed E-state index contributed by atoms with van der Waals surface area (Å²) in [6.45, 7) is -5.47. The summed E-state index contributed by atoms with van der Waals surface area (Å²) >= 11 is 5.87. The van der Waals surface area contributed by atoms with Crippen molar-refractivity contribution in [1.29, 1.82) is 0 Å².